The van der Waals surface area contributed by atoms with E-state index in [2.05, 4.69) is 30.8 Å². The summed E-state index contributed by atoms with van der Waals surface area (Å²) in [6, 6.07) is 7.34. The highest BCUT2D eigenvalue weighted by molar-refractivity contribution is 5.99. The van der Waals surface area contributed by atoms with Crippen LogP contribution in [-0.2, 0) is 32.0 Å². The second-order valence-electron chi connectivity index (χ2n) is 8.80. The third kappa shape index (κ3) is 6.24. The van der Waals surface area contributed by atoms with Gasteiger partial charge in [0.25, 0.3) is 5.91 Å². The fourth-order valence-electron chi connectivity index (χ4n) is 4.26. The van der Waals surface area contributed by atoms with E-state index >= 15 is 0 Å². The number of morpholine rings is 2. The number of anilines is 2. The molecule has 3 aliphatic heterocycles. The van der Waals surface area contributed by atoms with E-state index < -0.39 is 5.91 Å². The van der Waals surface area contributed by atoms with Gasteiger partial charge in [-0.3, -0.25) is 14.4 Å². The van der Waals surface area contributed by atoms with Gasteiger partial charge in [0.1, 0.15) is 5.82 Å². The number of ether oxygens (including phenoxy) is 2. The van der Waals surface area contributed by atoms with Gasteiger partial charge in [-0.2, -0.15) is 5.11 Å². The summed E-state index contributed by atoms with van der Waals surface area (Å²) in [5.41, 5.74) is 2.65. The molecule has 0 saturated carbocycles. The van der Waals surface area contributed by atoms with Gasteiger partial charge >= 0.3 is 0 Å². The number of carbonyl (C=O) groups excluding carboxylic acids is 3. The quantitative estimate of drug-likeness (QED) is 0.518. The number of benzene rings is 1. The molecule has 3 aliphatic rings. The highest BCUT2D eigenvalue weighted by Gasteiger charge is 2.21. The first-order valence-corrected chi connectivity index (χ1v) is 12.2. The van der Waals surface area contributed by atoms with E-state index in [9.17, 15) is 14.4 Å². The van der Waals surface area contributed by atoms with Crippen molar-refractivity contribution >= 4 is 35.0 Å². The molecule has 0 bridgehead atoms. The van der Waals surface area contributed by atoms with Crippen LogP contribution in [0.1, 0.15) is 21.7 Å². The Morgan fingerprint density at radius 1 is 1.03 bits per heavy atom. The van der Waals surface area contributed by atoms with Gasteiger partial charge in [0.2, 0.25) is 17.6 Å². The largest absolute Gasteiger partial charge is 0.378 e. The van der Waals surface area contributed by atoms with Crippen LogP contribution in [0, 0.1) is 0 Å². The number of carbonyl (C=O) groups is 3. The van der Waals surface area contributed by atoms with Crippen LogP contribution in [0.3, 0.4) is 0 Å². The number of nitrogens with zero attached hydrogens (tertiary/aromatic N) is 6. The van der Waals surface area contributed by atoms with Crippen molar-refractivity contribution < 1.29 is 23.9 Å². The molecule has 13 heteroatoms. The lowest BCUT2D eigenvalue weighted by molar-refractivity contribution is -0.134. The van der Waals surface area contributed by atoms with Crippen LogP contribution in [0.25, 0.3) is 0 Å². The second-order valence-corrected chi connectivity index (χ2v) is 8.80. The van der Waals surface area contributed by atoms with E-state index in [1.807, 2.05) is 23.1 Å². The normalized spacial score (nSPS) is 17.6. The van der Waals surface area contributed by atoms with Crippen LogP contribution in [0.4, 0.5) is 17.3 Å². The molecule has 1 aromatic heterocycles. The Morgan fingerprint density at radius 2 is 1.78 bits per heavy atom. The predicted octanol–water partition coefficient (Wildman–Crippen LogP) is 0.680. The van der Waals surface area contributed by atoms with Crippen molar-refractivity contribution in [1.29, 1.82) is 0 Å². The van der Waals surface area contributed by atoms with Crippen LogP contribution in [0.2, 0.25) is 0 Å². The van der Waals surface area contributed by atoms with E-state index in [0.717, 1.165) is 16.8 Å². The Bertz CT molecular complexity index is 1210. The number of aromatic nitrogens is 2. The van der Waals surface area contributed by atoms with Crippen molar-refractivity contribution in [3.05, 3.63) is 41.2 Å². The number of azo groups is 1. The lowest BCUT2D eigenvalue weighted by Crippen LogP contribution is -2.45. The van der Waals surface area contributed by atoms with E-state index in [4.69, 9.17) is 9.47 Å². The van der Waals surface area contributed by atoms with Crippen LogP contribution in [0.15, 0.2) is 34.5 Å². The molecule has 0 spiro atoms. The van der Waals surface area contributed by atoms with Gasteiger partial charge in [0, 0.05) is 37.9 Å². The number of fused-ring (bicyclic) bond motifs is 1. The minimum atomic E-state index is -0.566. The van der Waals surface area contributed by atoms with Gasteiger partial charge in [-0.15, -0.1) is 5.11 Å². The maximum Gasteiger partial charge on any atom is 0.289 e. The molecule has 13 nitrogen and oxygen atoms in total. The lowest BCUT2D eigenvalue weighted by Gasteiger charge is -2.28. The average molecular weight is 509 g/mol. The molecule has 2 fully saturated rings. The van der Waals surface area contributed by atoms with E-state index in [1.54, 1.807) is 11.0 Å². The second kappa shape index (κ2) is 11.4. The smallest absolute Gasteiger partial charge is 0.289 e. The van der Waals surface area contributed by atoms with Gasteiger partial charge in [0.15, 0.2) is 5.82 Å². The van der Waals surface area contributed by atoms with Gasteiger partial charge in [-0.1, -0.05) is 12.1 Å². The molecule has 0 atom stereocenters. The number of amides is 3. The Kier molecular flexibility index (Phi) is 7.61. The SMILES string of the molecule is O=C1Cc2cc(CN=Nc3cc(N4CCOCC4)nc(C(=O)NCC(=O)N4CCOCC4)n3)ccc2N1. The summed E-state index contributed by atoms with van der Waals surface area (Å²) in [6.07, 6.45) is 0.349. The zero-order valence-electron chi connectivity index (χ0n) is 20.3. The van der Waals surface area contributed by atoms with Crippen molar-refractivity contribution in [3.8, 4) is 0 Å². The van der Waals surface area contributed by atoms with Crippen LogP contribution in [0.5, 0.6) is 0 Å². The van der Waals surface area contributed by atoms with E-state index in [-0.39, 0.29) is 36.5 Å². The Labute approximate surface area is 213 Å². The molecule has 3 amide bonds. The monoisotopic (exact) mass is 508 g/mol. The van der Waals surface area contributed by atoms with E-state index in [0.29, 0.717) is 64.8 Å². The maximum atomic E-state index is 12.9. The average Bonchev–Trinajstić information content (AvgIpc) is 3.31. The highest BCUT2D eigenvalue weighted by atomic mass is 16.5. The number of hydrogen-bond donors (Lipinski definition) is 2. The summed E-state index contributed by atoms with van der Waals surface area (Å²) in [7, 11) is 0. The van der Waals surface area contributed by atoms with Crippen molar-refractivity contribution in [1.82, 2.24) is 20.2 Å². The Balaban J connectivity index is 1.29. The summed E-state index contributed by atoms with van der Waals surface area (Å²) in [5.74, 6) is -0.0908. The first-order valence-electron chi connectivity index (χ1n) is 12.2. The minimum absolute atomic E-state index is 0.0251. The van der Waals surface area contributed by atoms with Crippen molar-refractivity contribution in [2.24, 2.45) is 10.2 Å². The summed E-state index contributed by atoms with van der Waals surface area (Å²) >= 11 is 0. The maximum absolute atomic E-state index is 12.9. The van der Waals surface area contributed by atoms with Gasteiger partial charge in [-0.05, 0) is 17.2 Å². The first-order chi connectivity index (χ1) is 18.0. The van der Waals surface area contributed by atoms with Gasteiger partial charge < -0.3 is 29.9 Å². The van der Waals surface area contributed by atoms with Gasteiger partial charge in [-0.25, -0.2) is 9.97 Å². The highest BCUT2D eigenvalue weighted by Crippen LogP contribution is 2.25. The molecular formula is C24H28N8O5. The summed E-state index contributed by atoms with van der Waals surface area (Å²) < 4.78 is 10.7. The predicted molar refractivity (Wildman–Crippen MR) is 132 cm³/mol. The van der Waals surface area contributed by atoms with E-state index in [1.165, 1.54) is 0 Å². The third-order valence-electron chi connectivity index (χ3n) is 6.22. The Hall–Kier alpha value is -3.97. The molecule has 2 aromatic rings. The minimum Gasteiger partial charge on any atom is -0.378 e. The molecule has 4 heterocycles. The summed E-state index contributed by atoms with van der Waals surface area (Å²) in [4.78, 5) is 49.2. The molecule has 0 unspecified atom stereocenters. The van der Waals surface area contributed by atoms with Crippen LogP contribution in [-0.4, -0.2) is 91.7 Å². The van der Waals surface area contributed by atoms with Gasteiger partial charge in [0.05, 0.1) is 45.9 Å². The molecule has 0 aliphatic carbocycles. The fraction of sp³-hybridized carbons (Fsp3) is 0.458. The molecule has 194 valence electrons. The molecule has 2 saturated heterocycles. The molecule has 37 heavy (non-hydrogen) atoms. The lowest BCUT2D eigenvalue weighted by atomic mass is 10.1. The van der Waals surface area contributed by atoms with Crippen LogP contribution < -0.4 is 15.5 Å². The van der Waals surface area contributed by atoms with Crippen LogP contribution >= 0.6 is 0 Å². The van der Waals surface area contributed by atoms with Crippen molar-refractivity contribution in [3.63, 3.8) is 0 Å². The molecular weight excluding hydrogens is 480 g/mol. The number of hydrogen-bond acceptors (Lipinski definition) is 10. The summed E-state index contributed by atoms with van der Waals surface area (Å²) in [6.45, 7) is 4.43. The van der Waals surface area contributed by atoms with Crippen molar-refractivity contribution in [2.75, 3.05) is 69.4 Å². The number of nitrogens with one attached hydrogen (secondary N) is 2. The molecule has 0 radical (unpaired) electrons. The zero-order valence-corrected chi connectivity index (χ0v) is 20.3. The fourth-order valence-corrected chi connectivity index (χ4v) is 4.26. The first kappa shape index (κ1) is 24.7. The number of rotatable bonds is 7. The molecule has 2 N–H and O–H groups in total. The third-order valence-corrected chi connectivity index (χ3v) is 6.22. The zero-order chi connectivity index (χ0) is 25.6. The Morgan fingerprint density at radius 3 is 2.57 bits per heavy atom. The molecule has 1 aromatic carbocycles. The summed E-state index contributed by atoms with van der Waals surface area (Å²) in [5, 5.41) is 13.9. The standard InChI is InChI=1S/C24H28N8O5/c33-21-12-17-11-16(1-2-18(17)27-21)14-26-30-19-13-20(31-3-7-36-8-4-31)29-23(28-19)24(35)25-15-22(34)32-5-9-37-10-6-32/h1-2,11,13H,3-10,12,14-15H2,(H,25,35)(H,27,33). The topological polar surface area (TPSA) is 151 Å². The molecule has 5 rings (SSSR count). The van der Waals surface area contributed by atoms with Crippen molar-refractivity contribution in [2.45, 2.75) is 13.0 Å².